The number of ether oxygens (including phenoxy) is 1. The number of hydrogen-bond acceptors (Lipinski definition) is 3. The second-order valence-electron chi connectivity index (χ2n) is 6.46. The van der Waals surface area contributed by atoms with Gasteiger partial charge >= 0.3 is 0 Å². The first-order valence-corrected chi connectivity index (χ1v) is 8.31. The third kappa shape index (κ3) is 3.20. The molecular formula is C19H19ClN2O3. The van der Waals surface area contributed by atoms with Gasteiger partial charge < -0.3 is 10.1 Å². The number of halogens is 1. The van der Waals surface area contributed by atoms with Crippen LogP contribution in [0.1, 0.15) is 19.4 Å². The van der Waals surface area contributed by atoms with Gasteiger partial charge in [-0.05, 0) is 56.7 Å². The molecule has 0 spiro atoms. The van der Waals surface area contributed by atoms with Gasteiger partial charge in [0.1, 0.15) is 11.3 Å². The van der Waals surface area contributed by atoms with Gasteiger partial charge in [-0.15, -0.1) is 0 Å². The summed E-state index contributed by atoms with van der Waals surface area (Å²) < 4.78 is 5.67. The van der Waals surface area contributed by atoms with Crippen LogP contribution in [0.4, 0.5) is 11.4 Å². The zero-order chi connectivity index (χ0) is 18.2. The van der Waals surface area contributed by atoms with Crippen molar-refractivity contribution in [3.63, 3.8) is 0 Å². The Bertz CT molecular complexity index is 848. The summed E-state index contributed by atoms with van der Waals surface area (Å²) in [5.74, 6) is 0.0641. The van der Waals surface area contributed by atoms with E-state index in [0.717, 1.165) is 5.56 Å². The van der Waals surface area contributed by atoms with Crippen LogP contribution in [0.2, 0.25) is 5.02 Å². The molecule has 2 aromatic rings. The molecule has 0 fully saturated rings. The molecule has 0 bridgehead atoms. The predicted octanol–water partition coefficient (Wildman–Crippen LogP) is 3.79. The van der Waals surface area contributed by atoms with Crippen molar-refractivity contribution in [3.05, 3.63) is 53.1 Å². The smallest absolute Gasteiger partial charge is 0.265 e. The second-order valence-corrected chi connectivity index (χ2v) is 6.89. The Balaban J connectivity index is 1.86. The highest BCUT2D eigenvalue weighted by Crippen LogP contribution is 2.36. The van der Waals surface area contributed by atoms with Crippen molar-refractivity contribution in [2.24, 2.45) is 0 Å². The lowest BCUT2D eigenvalue weighted by Gasteiger charge is -2.41. The lowest BCUT2D eigenvalue weighted by Crippen LogP contribution is -2.59. The Morgan fingerprint density at radius 3 is 2.68 bits per heavy atom. The lowest BCUT2D eigenvalue weighted by atomic mass is 9.96. The van der Waals surface area contributed by atoms with Crippen molar-refractivity contribution in [3.8, 4) is 5.75 Å². The van der Waals surface area contributed by atoms with Gasteiger partial charge in [0.25, 0.3) is 5.91 Å². The van der Waals surface area contributed by atoms with E-state index in [4.69, 9.17) is 16.3 Å². The zero-order valence-electron chi connectivity index (χ0n) is 14.3. The van der Waals surface area contributed by atoms with Crippen molar-refractivity contribution in [1.82, 2.24) is 0 Å². The maximum Gasteiger partial charge on any atom is 0.265 e. The van der Waals surface area contributed by atoms with E-state index in [1.807, 2.05) is 25.1 Å². The molecule has 0 atom stereocenters. The molecule has 1 aliphatic heterocycles. The number of nitrogens with one attached hydrogen (secondary N) is 1. The summed E-state index contributed by atoms with van der Waals surface area (Å²) in [6, 6.07) is 12.4. The van der Waals surface area contributed by atoms with Gasteiger partial charge in [0.15, 0.2) is 6.61 Å². The Labute approximate surface area is 151 Å². The van der Waals surface area contributed by atoms with Crippen LogP contribution >= 0.6 is 11.6 Å². The normalized spacial score (nSPS) is 15.4. The minimum atomic E-state index is -1.01. The largest absolute Gasteiger partial charge is 0.483 e. The number of carbonyl (C=O) groups excluding carboxylic acids is 2. The average Bonchev–Trinajstić information content (AvgIpc) is 2.54. The zero-order valence-corrected chi connectivity index (χ0v) is 15.1. The standard InChI is InChI=1S/C19H19ClN2O3/c1-12-10-13(20)8-9-16(12)25-11-17(23)22-15-7-5-4-6-14(15)21-18(24)19(22,2)3/h4-10H,11H2,1-3H3,(H,21,24). The molecule has 0 aromatic heterocycles. The molecule has 3 rings (SSSR count). The number of hydrogen-bond donors (Lipinski definition) is 1. The summed E-state index contributed by atoms with van der Waals surface area (Å²) in [6.45, 7) is 5.11. The maximum absolute atomic E-state index is 12.9. The van der Waals surface area contributed by atoms with Crippen LogP contribution < -0.4 is 15.0 Å². The predicted molar refractivity (Wildman–Crippen MR) is 98.3 cm³/mol. The molecule has 130 valence electrons. The number of rotatable bonds is 3. The van der Waals surface area contributed by atoms with Gasteiger partial charge in [-0.1, -0.05) is 23.7 Å². The summed E-state index contributed by atoms with van der Waals surface area (Å²) in [5, 5.41) is 3.45. The minimum Gasteiger partial charge on any atom is -0.483 e. The number of para-hydroxylation sites is 2. The molecule has 6 heteroatoms. The van der Waals surface area contributed by atoms with Crippen LogP contribution in [-0.4, -0.2) is 24.0 Å². The highest BCUT2D eigenvalue weighted by atomic mass is 35.5. The molecule has 1 N–H and O–H groups in total. The molecule has 0 saturated carbocycles. The topological polar surface area (TPSA) is 58.6 Å². The summed E-state index contributed by atoms with van der Waals surface area (Å²) in [5.41, 5.74) is 1.11. The van der Waals surface area contributed by atoms with Crippen LogP contribution in [0.25, 0.3) is 0 Å². The average molecular weight is 359 g/mol. The molecule has 0 unspecified atom stereocenters. The minimum absolute atomic E-state index is 0.173. The second kappa shape index (κ2) is 6.41. The quantitative estimate of drug-likeness (QED) is 0.908. The number of fused-ring (bicyclic) bond motifs is 1. The maximum atomic E-state index is 12.9. The fourth-order valence-corrected chi connectivity index (χ4v) is 3.10. The number of nitrogens with zero attached hydrogens (tertiary/aromatic N) is 1. The fourth-order valence-electron chi connectivity index (χ4n) is 2.88. The van der Waals surface area contributed by atoms with E-state index in [2.05, 4.69) is 5.32 Å². The lowest BCUT2D eigenvalue weighted by molar-refractivity contribution is -0.127. The third-order valence-electron chi connectivity index (χ3n) is 4.25. The highest BCUT2D eigenvalue weighted by molar-refractivity contribution is 6.30. The van der Waals surface area contributed by atoms with Gasteiger partial charge in [0.05, 0.1) is 11.4 Å². The van der Waals surface area contributed by atoms with E-state index >= 15 is 0 Å². The van der Waals surface area contributed by atoms with Crippen LogP contribution in [0.3, 0.4) is 0 Å². The fraction of sp³-hybridized carbons (Fsp3) is 0.263. The number of carbonyl (C=O) groups is 2. The first-order chi connectivity index (χ1) is 11.8. The van der Waals surface area contributed by atoms with Crippen molar-refractivity contribution >= 4 is 34.8 Å². The highest BCUT2D eigenvalue weighted by Gasteiger charge is 2.43. The van der Waals surface area contributed by atoms with E-state index in [9.17, 15) is 9.59 Å². The third-order valence-corrected chi connectivity index (χ3v) is 4.48. The molecule has 2 aromatic carbocycles. The van der Waals surface area contributed by atoms with Crippen LogP contribution in [0, 0.1) is 6.92 Å². The molecule has 5 nitrogen and oxygen atoms in total. The molecule has 2 amide bonds. The first kappa shape index (κ1) is 17.3. The molecule has 0 aliphatic carbocycles. The molecule has 25 heavy (non-hydrogen) atoms. The Morgan fingerprint density at radius 1 is 1.24 bits per heavy atom. The van der Waals surface area contributed by atoms with E-state index < -0.39 is 5.54 Å². The Hall–Kier alpha value is -2.53. The molecule has 1 heterocycles. The molecule has 0 saturated heterocycles. The van der Waals surface area contributed by atoms with Gasteiger partial charge in [-0.2, -0.15) is 0 Å². The molecule has 0 radical (unpaired) electrons. The van der Waals surface area contributed by atoms with Crippen LogP contribution in [-0.2, 0) is 9.59 Å². The summed E-state index contributed by atoms with van der Waals surface area (Å²) in [4.78, 5) is 26.8. The van der Waals surface area contributed by atoms with Gasteiger partial charge in [-0.3, -0.25) is 14.5 Å². The first-order valence-electron chi connectivity index (χ1n) is 7.93. The van der Waals surface area contributed by atoms with E-state index in [1.165, 1.54) is 4.90 Å². The molecule has 1 aliphatic rings. The van der Waals surface area contributed by atoms with E-state index in [-0.39, 0.29) is 18.4 Å². The van der Waals surface area contributed by atoms with Gasteiger partial charge in [-0.25, -0.2) is 0 Å². The van der Waals surface area contributed by atoms with Crippen LogP contribution in [0.5, 0.6) is 5.75 Å². The Kier molecular flexibility index (Phi) is 4.43. The number of amides is 2. The number of anilines is 2. The van der Waals surface area contributed by atoms with Crippen LogP contribution in [0.15, 0.2) is 42.5 Å². The van der Waals surface area contributed by atoms with E-state index in [0.29, 0.717) is 22.1 Å². The number of aryl methyl sites for hydroxylation is 1. The number of benzene rings is 2. The van der Waals surface area contributed by atoms with Gasteiger partial charge in [0, 0.05) is 5.02 Å². The summed E-state index contributed by atoms with van der Waals surface area (Å²) in [7, 11) is 0. The Morgan fingerprint density at radius 2 is 1.96 bits per heavy atom. The summed E-state index contributed by atoms with van der Waals surface area (Å²) >= 11 is 5.94. The van der Waals surface area contributed by atoms with Crippen molar-refractivity contribution < 1.29 is 14.3 Å². The van der Waals surface area contributed by atoms with Gasteiger partial charge in [0.2, 0.25) is 5.91 Å². The van der Waals surface area contributed by atoms with Crippen molar-refractivity contribution in [2.75, 3.05) is 16.8 Å². The SMILES string of the molecule is Cc1cc(Cl)ccc1OCC(=O)N1c2ccccc2NC(=O)C1(C)C. The molecular weight excluding hydrogens is 340 g/mol. The van der Waals surface area contributed by atoms with Crippen molar-refractivity contribution in [1.29, 1.82) is 0 Å². The monoisotopic (exact) mass is 358 g/mol. The van der Waals surface area contributed by atoms with Crippen molar-refractivity contribution in [2.45, 2.75) is 26.3 Å². The summed E-state index contributed by atoms with van der Waals surface area (Å²) in [6.07, 6.45) is 0. The van der Waals surface area contributed by atoms with E-state index in [1.54, 1.807) is 38.1 Å².